The second-order valence-corrected chi connectivity index (χ2v) is 33.2. The third-order valence-corrected chi connectivity index (χ3v) is 25.5. The van der Waals surface area contributed by atoms with Gasteiger partial charge >= 0.3 is 0 Å². The Balaban J connectivity index is 4.51. The van der Waals surface area contributed by atoms with Crippen LogP contribution in [0.5, 0.6) is 0 Å². The number of aliphatic hydroxyl groups excluding tert-OH is 11. The molecule has 12 nitrogen and oxygen atoms in total. The first-order valence-corrected chi connectivity index (χ1v) is 43.7. The summed E-state index contributed by atoms with van der Waals surface area (Å²) < 4.78 is 6.56. The largest absolute Gasteiger partial charge is 0.396 e. The van der Waals surface area contributed by atoms with E-state index in [0.29, 0.717) is 94.7 Å². The summed E-state index contributed by atoms with van der Waals surface area (Å²) in [4.78, 5) is 0. The molecule has 1 saturated heterocycles. The molecule has 99 heavy (non-hydrogen) atoms. The number of hydrogen-bond acceptors (Lipinski definition) is 12. The Morgan fingerprint density at radius 1 is 0.212 bits per heavy atom. The Kier molecular flexibility index (Phi) is 67.5. The minimum Gasteiger partial charge on any atom is -0.396 e. The van der Waals surface area contributed by atoms with E-state index in [1.807, 2.05) is 0 Å². The first-order valence-electron chi connectivity index (χ1n) is 43.7. The summed E-state index contributed by atoms with van der Waals surface area (Å²) in [6.45, 7) is 15.1. The van der Waals surface area contributed by atoms with Crippen molar-refractivity contribution < 1.29 is 60.9 Å². The summed E-state index contributed by atoms with van der Waals surface area (Å²) in [5.74, 6) is 7.93. The van der Waals surface area contributed by atoms with Gasteiger partial charge in [-0.2, -0.15) is 0 Å². The minimum absolute atomic E-state index is 0.148. The lowest BCUT2D eigenvalue weighted by atomic mass is 9.72. The Bertz CT molecular complexity index is 1570. The second kappa shape index (κ2) is 69.3. The van der Waals surface area contributed by atoms with Gasteiger partial charge in [0.1, 0.15) is 0 Å². The monoisotopic (exact) mass is 1410 g/mol. The van der Waals surface area contributed by atoms with E-state index >= 15 is 0 Å². The van der Waals surface area contributed by atoms with Gasteiger partial charge in [-0.3, -0.25) is 0 Å². The molecule has 0 aromatic heterocycles. The summed E-state index contributed by atoms with van der Waals surface area (Å²) in [6.07, 6.45) is 57.0. The summed E-state index contributed by atoms with van der Waals surface area (Å²) in [7, 11) is 0. The predicted octanol–water partition coefficient (Wildman–Crippen LogP) is 19.6. The van der Waals surface area contributed by atoms with Crippen LogP contribution in [0.25, 0.3) is 0 Å². The highest BCUT2D eigenvalue weighted by Crippen LogP contribution is 2.42. The quantitative estimate of drug-likeness (QED) is 0.0273. The fourth-order valence-electron chi connectivity index (χ4n) is 18.9. The van der Waals surface area contributed by atoms with Crippen LogP contribution < -0.4 is 0 Å². The molecule has 12 heteroatoms. The molecule has 0 bridgehead atoms. The third kappa shape index (κ3) is 51.4. The Morgan fingerprint density at radius 2 is 0.455 bits per heavy atom. The Hall–Kier alpha value is -0.480. The fourth-order valence-corrected chi connectivity index (χ4v) is 18.9. The molecule has 1 rings (SSSR count). The van der Waals surface area contributed by atoms with Crippen molar-refractivity contribution in [3.8, 4) is 0 Å². The van der Waals surface area contributed by atoms with Gasteiger partial charge in [-0.15, -0.1) is 0 Å². The smallest absolute Gasteiger partial charge is 0.0468 e. The highest BCUT2D eigenvalue weighted by molar-refractivity contribution is 4.82. The maximum absolute atomic E-state index is 10.5. The zero-order valence-corrected chi connectivity index (χ0v) is 66.2. The average Bonchev–Trinajstić information content (AvgIpc) is 1.04. The van der Waals surface area contributed by atoms with E-state index in [2.05, 4.69) is 34.6 Å². The standard InChI is InChI=1S/C87H174O12/c1-6-13-72(46-59-88)18-11-19-78(27-35-83(51-64-93)52-65-94)39-43-86-42-38-77(26-22-73(14-7-2)47-60-89)20-12-21-79(50-63-92)58-71-99-70-57-76(17-10-5)25-30-80(33-36-84(53-66-95)54-67-96)31-32-81(28-23-74(15-8-3)48-61-90)40-44-87(86)45-41-82(29-24-75(16-9-4)49-62-91)34-37-85(55-68-97)56-69-98/h72-98H,6-71H2,1-5H3. The molecule has 0 aromatic rings. The fraction of sp³-hybridized carbons (Fsp3) is 1.00. The maximum Gasteiger partial charge on any atom is 0.0468 e. The molecule has 11 N–H and O–H groups in total. The predicted molar refractivity (Wildman–Crippen MR) is 418 cm³/mol. The second-order valence-electron chi connectivity index (χ2n) is 33.2. The van der Waals surface area contributed by atoms with E-state index in [1.54, 1.807) is 0 Å². The molecule has 0 aliphatic carbocycles. The lowest BCUT2D eigenvalue weighted by Gasteiger charge is -2.34. The van der Waals surface area contributed by atoms with Gasteiger partial charge in [0.2, 0.25) is 0 Å². The SMILES string of the molecule is CCCC(CCO)CCCC(CCC(CCO)CCO)CCC1CCC(CCC(CCC)CCO)CCCC(CCO)CCOCCC(CCC)CCC(CCC(CCO)CCO)CCC(CCC(CCC)CCO)CCC1CCC(CCC(CCC)CCO)CCC(CCO)CCO. The van der Waals surface area contributed by atoms with Gasteiger partial charge in [0.25, 0.3) is 0 Å². The normalized spacial score (nSPS) is 22.3. The first kappa shape index (κ1) is 96.5. The Morgan fingerprint density at radius 3 is 0.768 bits per heavy atom. The molecule has 0 saturated carbocycles. The van der Waals surface area contributed by atoms with Crippen molar-refractivity contribution in [3.05, 3.63) is 0 Å². The van der Waals surface area contributed by atoms with Gasteiger partial charge in [-0.25, -0.2) is 0 Å². The molecular weight excluding hydrogens is 1240 g/mol. The van der Waals surface area contributed by atoms with Gasteiger partial charge in [-0.05, 0) is 204 Å². The van der Waals surface area contributed by atoms with Crippen molar-refractivity contribution in [2.24, 2.45) is 94.7 Å². The first-order chi connectivity index (χ1) is 48.4. The summed E-state index contributed by atoms with van der Waals surface area (Å²) in [5, 5.41) is 113. The van der Waals surface area contributed by atoms with Crippen LogP contribution in [0.2, 0.25) is 0 Å². The molecule has 1 fully saturated rings. The molecule has 594 valence electrons. The van der Waals surface area contributed by atoms with Crippen molar-refractivity contribution in [2.75, 3.05) is 85.9 Å². The number of hydrogen-bond donors (Lipinski definition) is 11. The van der Waals surface area contributed by atoms with Crippen LogP contribution in [0.4, 0.5) is 0 Å². The summed E-state index contributed by atoms with van der Waals surface area (Å²) >= 11 is 0. The average molecular weight is 1410 g/mol. The summed E-state index contributed by atoms with van der Waals surface area (Å²) in [5.41, 5.74) is 0. The van der Waals surface area contributed by atoms with E-state index in [-0.39, 0.29) is 72.7 Å². The van der Waals surface area contributed by atoms with Crippen LogP contribution in [0.3, 0.4) is 0 Å². The van der Waals surface area contributed by atoms with Crippen LogP contribution in [-0.2, 0) is 4.74 Å². The molecule has 0 spiro atoms. The molecule has 1 aliphatic heterocycles. The van der Waals surface area contributed by atoms with Gasteiger partial charge in [0, 0.05) is 85.9 Å². The maximum atomic E-state index is 10.5. The number of rotatable bonds is 60. The summed E-state index contributed by atoms with van der Waals surface area (Å²) in [6, 6.07) is 0. The highest BCUT2D eigenvalue weighted by Gasteiger charge is 2.30. The highest BCUT2D eigenvalue weighted by atomic mass is 16.5. The van der Waals surface area contributed by atoms with Crippen LogP contribution in [-0.4, -0.2) is 142 Å². The van der Waals surface area contributed by atoms with Crippen LogP contribution in [0.1, 0.15) is 375 Å². The molecule has 1 heterocycles. The van der Waals surface area contributed by atoms with Crippen molar-refractivity contribution in [2.45, 2.75) is 375 Å². The molecule has 1 aliphatic rings. The van der Waals surface area contributed by atoms with Gasteiger partial charge in [0.15, 0.2) is 0 Å². The molecular formula is C87H174O12. The van der Waals surface area contributed by atoms with Gasteiger partial charge < -0.3 is 60.9 Å². The van der Waals surface area contributed by atoms with Gasteiger partial charge in [0.05, 0.1) is 0 Å². The van der Waals surface area contributed by atoms with Crippen LogP contribution in [0, 0.1) is 94.7 Å². The molecule has 0 amide bonds. The molecule has 13 atom stereocenters. The lowest BCUT2D eigenvalue weighted by molar-refractivity contribution is 0.0976. The minimum atomic E-state index is 0.148. The van der Waals surface area contributed by atoms with Crippen LogP contribution >= 0.6 is 0 Å². The van der Waals surface area contributed by atoms with E-state index < -0.39 is 0 Å². The zero-order valence-electron chi connectivity index (χ0n) is 66.2. The number of ether oxygens (including phenoxy) is 1. The van der Waals surface area contributed by atoms with Crippen molar-refractivity contribution in [1.82, 2.24) is 0 Å². The molecule has 13 unspecified atom stereocenters. The Labute approximate surface area is 613 Å². The van der Waals surface area contributed by atoms with E-state index in [1.165, 1.54) is 116 Å². The lowest BCUT2D eigenvalue weighted by Crippen LogP contribution is -2.22. The van der Waals surface area contributed by atoms with E-state index in [9.17, 15) is 56.2 Å². The number of aliphatic hydroxyl groups is 11. The van der Waals surface area contributed by atoms with Crippen molar-refractivity contribution in [3.63, 3.8) is 0 Å². The van der Waals surface area contributed by atoms with Crippen LogP contribution in [0.15, 0.2) is 0 Å². The zero-order chi connectivity index (χ0) is 72.6. The van der Waals surface area contributed by atoms with E-state index in [0.717, 1.165) is 238 Å². The molecule has 0 aromatic carbocycles. The third-order valence-electron chi connectivity index (χ3n) is 25.5. The van der Waals surface area contributed by atoms with Gasteiger partial charge in [-0.1, -0.05) is 266 Å². The topological polar surface area (TPSA) is 232 Å². The molecule has 0 radical (unpaired) electrons. The van der Waals surface area contributed by atoms with E-state index in [4.69, 9.17) is 4.74 Å². The van der Waals surface area contributed by atoms with Crippen molar-refractivity contribution >= 4 is 0 Å². The van der Waals surface area contributed by atoms with Crippen molar-refractivity contribution in [1.29, 1.82) is 0 Å².